The topological polar surface area (TPSA) is 38.1 Å². The Bertz CT molecular complexity index is 264. The van der Waals surface area contributed by atoms with E-state index in [1.807, 2.05) is 6.20 Å². The first kappa shape index (κ1) is 8.75. The van der Waals surface area contributed by atoms with Crippen molar-refractivity contribution in [3.63, 3.8) is 0 Å². The molecule has 0 bridgehead atoms. The molecule has 3 heteroatoms. The van der Waals surface area contributed by atoms with Gasteiger partial charge >= 0.3 is 0 Å². The molecule has 1 fully saturated rings. The molecule has 1 aliphatic rings. The van der Waals surface area contributed by atoms with Gasteiger partial charge in [0.25, 0.3) is 0 Å². The van der Waals surface area contributed by atoms with Gasteiger partial charge in [-0.3, -0.25) is 0 Å². The second-order valence-electron chi connectivity index (χ2n) is 3.56. The summed E-state index contributed by atoms with van der Waals surface area (Å²) in [5.41, 5.74) is 0. The number of oxazole rings is 1. The first-order chi connectivity index (χ1) is 6.40. The molecule has 0 radical (unpaired) electrons. The molecule has 1 atom stereocenters. The smallest absolute Gasteiger partial charge is 0.211 e. The number of aromatic nitrogens is 1. The Morgan fingerprint density at radius 1 is 1.69 bits per heavy atom. The summed E-state index contributed by atoms with van der Waals surface area (Å²) >= 11 is 0. The van der Waals surface area contributed by atoms with Crippen molar-refractivity contribution in [1.29, 1.82) is 0 Å². The second kappa shape index (κ2) is 3.92. The Morgan fingerprint density at radius 2 is 2.62 bits per heavy atom. The zero-order valence-corrected chi connectivity index (χ0v) is 8.05. The standard InChI is InChI=1S/C10H16N2O/c1-2-4-8-7-12-10(13-8)9-5-3-6-11-9/h7,9,11H,2-6H2,1H3. The van der Waals surface area contributed by atoms with Crippen molar-refractivity contribution in [1.82, 2.24) is 10.3 Å². The SMILES string of the molecule is CCCc1cnc(C2CCCN2)o1. The first-order valence-corrected chi connectivity index (χ1v) is 5.08. The molecular weight excluding hydrogens is 164 g/mol. The summed E-state index contributed by atoms with van der Waals surface area (Å²) in [5.74, 6) is 1.90. The van der Waals surface area contributed by atoms with Gasteiger partial charge in [0.2, 0.25) is 5.89 Å². The normalized spacial score (nSPS) is 22.4. The third-order valence-electron chi connectivity index (χ3n) is 2.43. The molecule has 3 nitrogen and oxygen atoms in total. The summed E-state index contributed by atoms with van der Waals surface area (Å²) in [6, 6.07) is 0.366. The number of nitrogens with zero attached hydrogens (tertiary/aromatic N) is 1. The van der Waals surface area contributed by atoms with E-state index in [2.05, 4.69) is 17.2 Å². The van der Waals surface area contributed by atoms with Crippen molar-refractivity contribution in [2.45, 2.75) is 38.6 Å². The summed E-state index contributed by atoms with van der Waals surface area (Å²) in [4.78, 5) is 4.29. The molecule has 0 aromatic carbocycles. The lowest BCUT2D eigenvalue weighted by Gasteiger charge is -2.03. The van der Waals surface area contributed by atoms with E-state index in [0.29, 0.717) is 6.04 Å². The van der Waals surface area contributed by atoms with Gasteiger partial charge < -0.3 is 9.73 Å². The predicted octanol–water partition coefficient (Wildman–Crippen LogP) is 2.05. The fraction of sp³-hybridized carbons (Fsp3) is 0.700. The largest absolute Gasteiger partial charge is 0.444 e. The van der Waals surface area contributed by atoms with E-state index in [9.17, 15) is 0 Å². The average molecular weight is 180 g/mol. The minimum absolute atomic E-state index is 0.366. The number of hydrogen-bond acceptors (Lipinski definition) is 3. The van der Waals surface area contributed by atoms with Crippen molar-refractivity contribution in [3.8, 4) is 0 Å². The molecule has 1 saturated heterocycles. The molecule has 72 valence electrons. The van der Waals surface area contributed by atoms with Crippen LogP contribution in [0.5, 0.6) is 0 Å². The van der Waals surface area contributed by atoms with Crippen LogP contribution in [-0.4, -0.2) is 11.5 Å². The minimum atomic E-state index is 0.366. The predicted molar refractivity (Wildman–Crippen MR) is 50.5 cm³/mol. The van der Waals surface area contributed by atoms with Gasteiger partial charge in [-0.2, -0.15) is 0 Å². The lowest BCUT2D eigenvalue weighted by Crippen LogP contribution is -2.12. The van der Waals surface area contributed by atoms with E-state index < -0.39 is 0 Å². The van der Waals surface area contributed by atoms with Gasteiger partial charge in [0.05, 0.1) is 12.2 Å². The molecule has 2 heterocycles. The fourth-order valence-corrected chi connectivity index (χ4v) is 1.74. The highest BCUT2D eigenvalue weighted by molar-refractivity contribution is 4.99. The third-order valence-corrected chi connectivity index (χ3v) is 2.43. The summed E-state index contributed by atoms with van der Waals surface area (Å²) < 4.78 is 5.63. The molecule has 13 heavy (non-hydrogen) atoms. The lowest BCUT2D eigenvalue weighted by molar-refractivity contribution is 0.403. The van der Waals surface area contributed by atoms with Gasteiger partial charge in [-0.1, -0.05) is 6.92 Å². The second-order valence-corrected chi connectivity index (χ2v) is 3.56. The van der Waals surface area contributed by atoms with E-state index >= 15 is 0 Å². The van der Waals surface area contributed by atoms with Gasteiger partial charge in [0.15, 0.2) is 0 Å². The molecule has 1 unspecified atom stereocenters. The van der Waals surface area contributed by atoms with E-state index in [-0.39, 0.29) is 0 Å². The summed E-state index contributed by atoms with van der Waals surface area (Å²) in [5, 5.41) is 3.37. The fourth-order valence-electron chi connectivity index (χ4n) is 1.74. The highest BCUT2D eigenvalue weighted by Gasteiger charge is 2.20. The van der Waals surface area contributed by atoms with Gasteiger partial charge in [-0.05, 0) is 25.8 Å². The minimum Gasteiger partial charge on any atom is -0.444 e. The van der Waals surface area contributed by atoms with Gasteiger partial charge in [0, 0.05) is 6.42 Å². The molecule has 0 saturated carbocycles. The average Bonchev–Trinajstić information content (AvgIpc) is 2.70. The van der Waals surface area contributed by atoms with E-state index in [4.69, 9.17) is 4.42 Å². The van der Waals surface area contributed by atoms with Crippen LogP contribution in [0.2, 0.25) is 0 Å². The quantitative estimate of drug-likeness (QED) is 0.773. The van der Waals surface area contributed by atoms with Crippen LogP contribution in [0.4, 0.5) is 0 Å². The zero-order valence-electron chi connectivity index (χ0n) is 8.05. The van der Waals surface area contributed by atoms with Gasteiger partial charge in [0.1, 0.15) is 5.76 Å². The Balaban J connectivity index is 2.03. The molecule has 0 aliphatic carbocycles. The first-order valence-electron chi connectivity index (χ1n) is 5.08. The van der Waals surface area contributed by atoms with Crippen LogP contribution in [0.3, 0.4) is 0 Å². The Kier molecular flexibility index (Phi) is 2.64. The molecular formula is C10H16N2O. The molecule has 2 rings (SSSR count). The van der Waals surface area contributed by atoms with Crippen molar-refractivity contribution < 1.29 is 4.42 Å². The van der Waals surface area contributed by atoms with Crippen LogP contribution in [0, 0.1) is 0 Å². The maximum Gasteiger partial charge on any atom is 0.211 e. The van der Waals surface area contributed by atoms with Crippen LogP contribution in [0.15, 0.2) is 10.6 Å². The van der Waals surface area contributed by atoms with Crippen molar-refractivity contribution in [2.24, 2.45) is 0 Å². The Hall–Kier alpha value is -0.830. The van der Waals surface area contributed by atoms with Crippen molar-refractivity contribution >= 4 is 0 Å². The maximum absolute atomic E-state index is 5.63. The number of nitrogens with one attached hydrogen (secondary N) is 1. The van der Waals surface area contributed by atoms with Gasteiger partial charge in [-0.15, -0.1) is 0 Å². The van der Waals surface area contributed by atoms with Gasteiger partial charge in [-0.25, -0.2) is 4.98 Å². The van der Waals surface area contributed by atoms with Crippen LogP contribution >= 0.6 is 0 Å². The van der Waals surface area contributed by atoms with Crippen LogP contribution < -0.4 is 5.32 Å². The molecule has 0 amide bonds. The molecule has 1 aromatic rings. The molecule has 1 N–H and O–H groups in total. The van der Waals surface area contributed by atoms with E-state index in [1.54, 1.807) is 0 Å². The number of hydrogen-bond donors (Lipinski definition) is 1. The van der Waals surface area contributed by atoms with Crippen LogP contribution in [0.1, 0.15) is 43.9 Å². The highest BCUT2D eigenvalue weighted by atomic mass is 16.4. The van der Waals surface area contributed by atoms with Crippen molar-refractivity contribution in [2.75, 3.05) is 6.54 Å². The summed E-state index contributed by atoms with van der Waals surface area (Å²) in [7, 11) is 0. The van der Waals surface area contributed by atoms with Crippen LogP contribution in [-0.2, 0) is 6.42 Å². The van der Waals surface area contributed by atoms with Crippen LogP contribution in [0.25, 0.3) is 0 Å². The summed E-state index contributed by atoms with van der Waals surface area (Å²) in [6.07, 6.45) is 6.37. The lowest BCUT2D eigenvalue weighted by atomic mass is 10.2. The number of aryl methyl sites for hydroxylation is 1. The monoisotopic (exact) mass is 180 g/mol. The molecule has 0 spiro atoms. The molecule has 1 aromatic heterocycles. The van der Waals surface area contributed by atoms with E-state index in [1.165, 1.54) is 6.42 Å². The van der Waals surface area contributed by atoms with Crippen molar-refractivity contribution in [3.05, 3.63) is 17.8 Å². The third kappa shape index (κ3) is 1.91. The summed E-state index contributed by atoms with van der Waals surface area (Å²) in [6.45, 7) is 3.24. The van der Waals surface area contributed by atoms with E-state index in [0.717, 1.165) is 37.5 Å². The zero-order chi connectivity index (χ0) is 9.10. The maximum atomic E-state index is 5.63. The Labute approximate surface area is 78.5 Å². The Morgan fingerprint density at radius 3 is 3.31 bits per heavy atom. The highest BCUT2D eigenvalue weighted by Crippen LogP contribution is 2.22. The number of rotatable bonds is 3. The molecule has 1 aliphatic heterocycles.